The summed E-state index contributed by atoms with van der Waals surface area (Å²) >= 11 is 0. The fourth-order valence-corrected chi connectivity index (χ4v) is 3.68. The number of halogens is 1. The molecule has 2 atom stereocenters. The number of fused-ring (bicyclic) bond motifs is 1. The molecule has 0 bridgehead atoms. The van der Waals surface area contributed by atoms with Gasteiger partial charge in [0.15, 0.2) is 0 Å². The zero-order valence-electron chi connectivity index (χ0n) is 12.6. The summed E-state index contributed by atoms with van der Waals surface area (Å²) in [7, 11) is 0. The molecule has 1 aromatic carbocycles. The Balaban J connectivity index is 1.51. The molecule has 0 amide bonds. The van der Waals surface area contributed by atoms with Crippen LogP contribution >= 0.6 is 0 Å². The normalized spacial score (nSPS) is 25.3. The molecule has 0 aliphatic carbocycles. The van der Waals surface area contributed by atoms with Crippen molar-refractivity contribution in [1.29, 1.82) is 0 Å². The van der Waals surface area contributed by atoms with Crippen molar-refractivity contribution in [2.24, 2.45) is 0 Å². The van der Waals surface area contributed by atoms with E-state index in [9.17, 15) is 4.39 Å². The zero-order chi connectivity index (χ0) is 14.9. The van der Waals surface area contributed by atoms with Crippen LogP contribution in [0, 0.1) is 5.82 Å². The van der Waals surface area contributed by atoms with Gasteiger partial charge in [0.05, 0.1) is 18.3 Å². The molecule has 2 saturated heterocycles. The molecule has 1 N–H and O–H groups in total. The molecule has 3 heterocycles. The Kier molecular flexibility index (Phi) is 3.68. The maximum atomic E-state index is 13.0. The van der Waals surface area contributed by atoms with Gasteiger partial charge in [-0.1, -0.05) is 12.1 Å². The molecule has 5 heteroatoms. The van der Waals surface area contributed by atoms with Crippen LogP contribution in [0.5, 0.6) is 0 Å². The molecule has 116 valence electrons. The Morgan fingerprint density at radius 1 is 1.23 bits per heavy atom. The lowest BCUT2D eigenvalue weighted by Gasteiger charge is -2.36. The molecule has 1 aromatic heterocycles. The van der Waals surface area contributed by atoms with Gasteiger partial charge < -0.3 is 5.32 Å². The second-order valence-electron chi connectivity index (χ2n) is 6.29. The van der Waals surface area contributed by atoms with Gasteiger partial charge in [-0.05, 0) is 43.1 Å². The van der Waals surface area contributed by atoms with Crippen LogP contribution < -0.4 is 5.32 Å². The second-order valence-corrected chi connectivity index (χ2v) is 6.29. The van der Waals surface area contributed by atoms with Gasteiger partial charge in [0.25, 0.3) is 0 Å². The molecule has 2 fully saturated rings. The van der Waals surface area contributed by atoms with Gasteiger partial charge in [-0.3, -0.25) is 9.58 Å². The van der Waals surface area contributed by atoms with Crippen LogP contribution in [0.25, 0.3) is 0 Å². The minimum Gasteiger partial charge on any atom is -0.306 e. The van der Waals surface area contributed by atoms with Crippen molar-refractivity contribution in [1.82, 2.24) is 20.0 Å². The summed E-state index contributed by atoms with van der Waals surface area (Å²) in [5, 5.41) is 8.12. The minimum absolute atomic E-state index is 0.196. The highest BCUT2D eigenvalue weighted by Crippen LogP contribution is 2.26. The third-order valence-corrected chi connectivity index (χ3v) is 4.87. The summed E-state index contributed by atoms with van der Waals surface area (Å²) in [6.07, 6.45) is 4.49. The van der Waals surface area contributed by atoms with Crippen molar-refractivity contribution >= 4 is 0 Å². The summed E-state index contributed by atoms with van der Waals surface area (Å²) < 4.78 is 15.1. The lowest BCUT2D eigenvalue weighted by Crippen LogP contribution is -2.50. The molecule has 2 aliphatic heterocycles. The van der Waals surface area contributed by atoms with Crippen LogP contribution in [0.2, 0.25) is 0 Å². The van der Waals surface area contributed by atoms with E-state index in [0.717, 1.165) is 18.7 Å². The van der Waals surface area contributed by atoms with Crippen molar-refractivity contribution in [2.45, 2.75) is 31.5 Å². The summed E-state index contributed by atoms with van der Waals surface area (Å²) in [5.41, 5.74) is 2.29. The average Bonchev–Trinajstić information content (AvgIpc) is 3.17. The monoisotopic (exact) mass is 300 g/mol. The third-order valence-electron chi connectivity index (χ3n) is 4.87. The van der Waals surface area contributed by atoms with Crippen LogP contribution in [-0.2, 0) is 6.54 Å². The predicted octanol–water partition coefficient (Wildman–Crippen LogP) is 2.18. The number of hydrogen-bond acceptors (Lipinski definition) is 3. The fourth-order valence-electron chi connectivity index (χ4n) is 3.68. The topological polar surface area (TPSA) is 33.1 Å². The van der Waals surface area contributed by atoms with Crippen molar-refractivity contribution in [2.75, 3.05) is 19.6 Å². The Bertz CT molecular complexity index is 636. The molecule has 1 unspecified atom stereocenters. The molecule has 2 aliphatic rings. The van der Waals surface area contributed by atoms with E-state index in [0.29, 0.717) is 18.6 Å². The Hall–Kier alpha value is -1.72. The lowest BCUT2D eigenvalue weighted by atomic mass is 10.1. The highest BCUT2D eigenvalue weighted by atomic mass is 19.1. The van der Waals surface area contributed by atoms with Crippen molar-refractivity contribution in [3.8, 4) is 0 Å². The summed E-state index contributed by atoms with van der Waals surface area (Å²) in [4.78, 5) is 2.59. The first kappa shape index (κ1) is 13.9. The molecule has 0 radical (unpaired) electrons. The smallest absolute Gasteiger partial charge is 0.123 e. The van der Waals surface area contributed by atoms with E-state index in [1.807, 2.05) is 23.0 Å². The second kappa shape index (κ2) is 5.82. The van der Waals surface area contributed by atoms with Gasteiger partial charge >= 0.3 is 0 Å². The SMILES string of the molecule is Fc1ccc(Cn2nccc2C2CN3CCC[C@@H]3CN2)cc1. The molecular weight excluding hydrogens is 279 g/mol. The number of aromatic nitrogens is 2. The van der Waals surface area contributed by atoms with E-state index in [1.165, 1.54) is 37.2 Å². The fraction of sp³-hybridized carbons (Fsp3) is 0.471. The summed E-state index contributed by atoms with van der Waals surface area (Å²) in [6.45, 7) is 4.02. The first-order valence-corrected chi connectivity index (χ1v) is 8.03. The maximum Gasteiger partial charge on any atom is 0.123 e. The van der Waals surface area contributed by atoms with Gasteiger partial charge in [0.1, 0.15) is 5.82 Å². The van der Waals surface area contributed by atoms with Gasteiger partial charge in [0, 0.05) is 25.3 Å². The largest absolute Gasteiger partial charge is 0.306 e. The Morgan fingerprint density at radius 2 is 2.09 bits per heavy atom. The number of nitrogens with zero attached hydrogens (tertiary/aromatic N) is 3. The standard InChI is InChI=1S/C17H21FN4/c18-14-5-3-13(4-6-14)11-22-17(7-8-20-22)16-12-21-9-1-2-15(21)10-19-16/h3-8,15-16,19H,1-2,9-12H2/t15-,16?/m1/s1. The molecule has 0 saturated carbocycles. The molecule has 0 spiro atoms. The summed E-state index contributed by atoms with van der Waals surface area (Å²) in [5.74, 6) is -0.196. The van der Waals surface area contributed by atoms with E-state index in [2.05, 4.69) is 21.4 Å². The number of benzene rings is 1. The Morgan fingerprint density at radius 3 is 2.95 bits per heavy atom. The number of hydrogen-bond donors (Lipinski definition) is 1. The predicted molar refractivity (Wildman–Crippen MR) is 83.1 cm³/mol. The minimum atomic E-state index is -0.196. The van der Waals surface area contributed by atoms with Crippen LogP contribution in [0.3, 0.4) is 0 Å². The van der Waals surface area contributed by atoms with Gasteiger partial charge in [-0.25, -0.2) is 4.39 Å². The van der Waals surface area contributed by atoms with E-state index >= 15 is 0 Å². The maximum absolute atomic E-state index is 13.0. The van der Waals surface area contributed by atoms with E-state index < -0.39 is 0 Å². The molecule has 4 nitrogen and oxygen atoms in total. The Labute approximate surface area is 129 Å². The van der Waals surface area contributed by atoms with Gasteiger partial charge in [-0.2, -0.15) is 5.10 Å². The number of nitrogens with one attached hydrogen (secondary N) is 1. The average molecular weight is 300 g/mol. The summed E-state index contributed by atoms with van der Waals surface area (Å²) in [6, 6.07) is 9.80. The van der Waals surface area contributed by atoms with Crippen molar-refractivity contribution in [3.63, 3.8) is 0 Å². The van der Waals surface area contributed by atoms with Crippen LogP contribution in [0.1, 0.15) is 30.1 Å². The molecule has 2 aromatic rings. The molecule has 22 heavy (non-hydrogen) atoms. The highest BCUT2D eigenvalue weighted by molar-refractivity contribution is 5.18. The van der Waals surface area contributed by atoms with E-state index in [-0.39, 0.29) is 5.82 Å². The van der Waals surface area contributed by atoms with Crippen LogP contribution in [-0.4, -0.2) is 40.4 Å². The van der Waals surface area contributed by atoms with Gasteiger partial charge in [0.2, 0.25) is 0 Å². The van der Waals surface area contributed by atoms with E-state index in [4.69, 9.17) is 0 Å². The number of rotatable bonds is 3. The van der Waals surface area contributed by atoms with E-state index in [1.54, 1.807) is 0 Å². The third kappa shape index (κ3) is 2.66. The first-order valence-electron chi connectivity index (χ1n) is 8.03. The number of piperazine rings is 1. The van der Waals surface area contributed by atoms with Crippen LogP contribution in [0.15, 0.2) is 36.5 Å². The van der Waals surface area contributed by atoms with Gasteiger partial charge in [-0.15, -0.1) is 0 Å². The van der Waals surface area contributed by atoms with Crippen molar-refractivity contribution in [3.05, 3.63) is 53.6 Å². The highest BCUT2D eigenvalue weighted by Gasteiger charge is 2.32. The zero-order valence-corrected chi connectivity index (χ0v) is 12.6. The lowest BCUT2D eigenvalue weighted by molar-refractivity contribution is 0.169. The quantitative estimate of drug-likeness (QED) is 0.943. The molecular formula is C17H21FN4. The van der Waals surface area contributed by atoms with Crippen LogP contribution in [0.4, 0.5) is 4.39 Å². The first-order chi connectivity index (χ1) is 10.8. The molecule has 4 rings (SSSR count). The van der Waals surface area contributed by atoms with Crippen molar-refractivity contribution < 1.29 is 4.39 Å².